The van der Waals surface area contributed by atoms with Crippen molar-refractivity contribution in [1.82, 2.24) is 14.7 Å². The van der Waals surface area contributed by atoms with Crippen LogP contribution in [-0.2, 0) is 17.5 Å². The van der Waals surface area contributed by atoms with Crippen molar-refractivity contribution in [3.05, 3.63) is 52.3 Å². The molecule has 0 bridgehead atoms. The van der Waals surface area contributed by atoms with Crippen LogP contribution in [0.25, 0.3) is 0 Å². The van der Waals surface area contributed by atoms with Crippen molar-refractivity contribution in [2.75, 3.05) is 6.54 Å². The van der Waals surface area contributed by atoms with Crippen LogP contribution in [-0.4, -0.2) is 27.1 Å². The Hall–Kier alpha value is -2.02. The van der Waals surface area contributed by atoms with Crippen molar-refractivity contribution in [3.8, 4) is 0 Å². The molecule has 1 fully saturated rings. The summed E-state index contributed by atoms with van der Waals surface area (Å²) >= 11 is 5.90. The molecule has 2 heterocycles. The van der Waals surface area contributed by atoms with E-state index in [0.717, 1.165) is 29.2 Å². The number of aromatic nitrogens is 2. The first-order valence-corrected chi connectivity index (χ1v) is 8.30. The highest BCUT2D eigenvalue weighted by Crippen LogP contribution is 2.33. The predicted molar refractivity (Wildman–Crippen MR) is 87.1 cm³/mol. The molecule has 134 valence electrons. The first-order chi connectivity index (χ1) is 11.8. The Bertz CT molecular complexity index is 770. The molecule has 4 nitrogen and oxygen atoms in total. The Kier molecular flexibility index (Phi) is 4.77. The van der Waals surface area contributed by atoms with Crippen LogP contribution in [0.15, 0.2) is 30.3 Å². The van der Waals surface area contributed by atoms with E-state index in [4.69, 9.17) is 11.6 Å². The Morgan fingerprint density at radius 2 is 2.00 bits per heavy atom. The van der Waals surface area contributed by atoms with Crippen molar-refractivity contribution in [2.24, 2.45) is 0 Å². The minimum absolute atomic E-state index is 0.0808. The summed E-state index contributed by atoms with van der Waals surface area (Å²) in [5.74, 6) is -0.239. The lowest BCUT2D eigenvalue weighted by atomic mass is 10.0. The largest absolute Gasteiger partial charge is 0.435 e. The smallest absolute Gasteiger partial charge is 0.334 e. The molecule has 0 aliphatic carbocycles. The summed E-state index contributed by atoms with van der Waals surface area (Å²) in [5, 5.41) is 4.15. The summed E-state index contributed by atoms with van der Waals surface area (Å²) in [7, 11) is 0. The third kappa shape index (κ3) is 3.81. The Morgan fingerprint density at radius 1 is 1.32 bits per heavy atom. The van der Waals surface area contributed by atoms with Crippen LogP contribution < -0.4 is 0 Å². The van der Waals surface area contributed by atoms with Gasteiger partial charge < -0.3 is 4.90 Å². The number of alkyl halides is 3. The minimum Gasteiger partial charge on any atom is -0.334 e. The van der Waals surface area contributed by atoms with Crippen molar-refractivity contribution >= 4 is 17.5 Å². The molecule has 1 aromatic carbocycles. The van der Waals surface area contributed by atoms with E-state index in [1.807, 2.05) is 12.1 Å². The van der Waals surface area contributed by atoms with Gasteiger partial charge in [-0.15, -0.1) is 0 Å². The second-order valence-electron chi connectivity index (χ2n) is 6.12. The van der Waals surface area contributed by atoms with E-state index in [1.54, 1.807) is 17.0 Å². The second-order valence-corrected chi connectivity index (χ2v) is 6.56. The third-order valence-electron chi connectivity index (χ3n) is 4.38. The molecule has 1 atom stereocenters. The van der Waals surface area contributed by atoms with Crippen molar-refractivity contribution < 1.29 is 18.0 Å². The Labute approximate surface area is 148 Å². The fraction of sp³-hybridized carbons (Fsp3) is 0.412. The lowest BCUT2D eigenvalue weighted by Gasteiger charge is -2.25. The van der Waals surface area contributed by atoms with Crippen LogP contribution in [0.5, 0.6) is 0 Å². The van der Waals surface area contributed by atoms with Crippen LogP contribution in [0.1, 0.15) is 35.8 Å². The molecule has 1 aliphatic rings. The van der Waals surface area contributed by atoms with E-state index >= 15 is 0 Å². The zero-order chi connectivity index (χ0) is 18.2. The maximum absolute atomic E-state index is 12.8. The van der Waals surface area contributed by atoms with Crippen molar-refractivity contribution in [2.45, 2.75) is 38.5 Å². The summed E-state index contributed by atoms with van der Waals surface area (Å²) < 4.78 is 39.4. The Balaban J connectivity index is 1.76. The van der Waals surface area contributed by atoms with Gasteiger partial charge in [-0.25, -0.2) is 0 Å². The maximum Gasteiger partial charge on any atom is 0.435 e. The van der Waals surface area contributed by atoms with E-state index in [9.17, 15) is 18.0 Å². The van der Waals surface area contributed by atoms with Crippen LogP contribution in [0.4, 0.5) is 13.2 Å². The first-order valence-electron chi connectivity index (χ1n) is 7.92. The van der Waals surface area contributed by atoms with Gasteiger partial charge in [0.15, 0.2) is 5.69 Å². The fourth-order valence-corrected chi connectivity index (χ4v) is 3.25. The molecule has 2 aromatic rings. The summed E-state index contributed by atoms with van der Waals surface area (Å²) in [6, 6.07) is 8.16. The number of nitrogens with zero attached hydrogens (tertiary/aromatic N) is 3. The SMILES string of the molecule is Cc1cc(C(F)(F)F)nn1CC(=O)N1CCCC1c1ccc(Cl)cc1. The molecule has 0 radical (unpaired) electrons. The molecular weight excluding hydrogens is 355 g/mol. The minimum atomic E-state index is -4.52. The number of hydrogen-bond acceptors (Lipinski definition) is 2. The molecule has 1 aromatic heterocycles. The van der Waals surface area contributed by atoms with E-state index in [-0.39, 0.29) is 18.5 Å². The molecule has 0 saturated carbocycles. The zero-order valence-electron chi connectivity index (χ0n) is 13.6. The number of benzene rings is 1. The van der Waals surface area contributed by atoms with Crippen molar-refractivity contribution in [1.29, 1.82) is 0 Å². The van der Waals surface area contributed by atoms with Gasteiger partial charge in [0.05, 0.1) is 6.04 Å². The summed E-state index contributed by atoms with van der Waals surface area (Å²) in [4.78, 5) is 14.3. The van der Waals surface area contributed by atoms with Gasteiger partial charge in [0, 0.05) is 17.3 Å². The summed E-state index contributed by atoms with van der Waals surface area (Å²) in [6.45, 7) is 1.89. The fourth-order valence-electron chi connectivity index (χ4n) is 3.12. The molecule has 3 rings (SSSR count). The topological polar surface area (TPSA) is 38.1 Å². The number of carbonyl (C=O) groups is 1. The maximum atomic E-state index is 12.8. The second kappa shape index (κ2) is 6.71. The van der Waals surface area contributed by atoms with E-state index in [0.29, 0.717) is 17.3 Å². The molecule has 1 aliphatic heterocycles. The highest BCUT2D eigenvalue weighted by Gasteiger charge is 2.35. The molecule has 0 spiro atoms. The third-order valence-corrected chi connectivity index (χ3v) is 4.64. The van der Waals surface area contributed by atoms with Gasteiger partial charge in [0.1, 0.15) is 6.54 Å². The van der Waals surface area contributed by atoms with Gasteiger partial charge >= 0.3 is 6.18 Å². The number of aryl methyl sites for hydroxylation is 1. The lowest BCUT2D eigenvalue weighted by Crippen LogP contribution is -2.34. The van der Waals surface area contributed by atoms with Gasteiger partial charge in [-0.05, 0) is 43.5 Å². The standard InChI is InChI=1S/C17H17ClF3N3O/c1-11-9-15(17(19,20)21)22-24(11)10-16(25)23-8-2-3-14(23)12-4-6-13(18)7-5-12/h4-7,9,14H,2-3,8,10H2,1H3. The average Bonchev–Trinajstić information content (AvgIpc) is 3.15. The van der Waals surface area contributed by atoms with Crippen molar-refractivity contribution in [3.63, 3.8) is 0 Å². The summed E-state index contributed by atoms with van der Waals surface area (Å²) in [6.07, 6.45) is -2.84. The molecule has 1 unspecified atom stereocenters. The first kappa shape index (κ1) is 17.8. The van der Waals surface area contributed by atoms with Gasteiger partial charge in [-0.2, -0.15) is 18.3 Å². The van der Waals surface area contributed by atoms with Crippen LogP contribution in [0.2, 0.25) is 5.02 Å². The molecule has 25 heavy (non-hydrogen) atoms. The molecular formula is C17H17ClF3N3O. The molecule has 0 N–H and O–H groups in total. The van der Waals surface area contributed by atoms with E-state index in [2.05, 4.69) is 5.10 Å². The van der Waals surface area contributed by atoms with E-state index in [1.165, 1.54) is 6.92 Å². The molecule has 1 saturated heterocycles. The zero-order valence-corrected chi connectivity index (χ0v) is 14.3. The highest BCUT2D eigenvalue weighted by atomic mass is 35.5. The van der Waals surface area contributed by atoms with Gasteiger partial charge in [-0.1, -0.05) is 23.7 Å². The average molecular weight is 372 g/mol. The molecule has 8 heteroatoms. The van der Waals surface area contributed by atoms with Gasteiger partial charge in [0.2, 0.25) is 5.91 Å². The number of amides is 1. The quantitative estimate of drug-likeness (QED) is 0.810. The predicted octanol–water partition coefficient (Wildman–Crippen LogP) is 4.23. The summed E-state index contributed by atoms with van der Waals surface area (Å²) in [5.41, 5.74) is 0.305. The highest BCUT2D eigenvalue weighted by molar-refractivity contribution is 6.30. The molecule has 1 amide bonds. The number of likely N-dealkylation sites (tertiary alicyclic amines) is 1. The van der Waals surface area contributed by atoms with Gasteiger partial charge in [0.25, 0.3) is 0 Å². The number of halogens is 4. The van der Waals surface area contributed by atoms with Crippen LogP contribution >= 0.6 is 11.6 Å². The number of hydrogen-bond donors (Lipinski definition) is 0. The van der Waals surface area contributed by atoms with Crippen LogP contribution in [0, 0.1) is 6.92 Å². The van der Waals surface area contributed by atoms with E-state index < -0.39 is 11.9 Å². The monoisotopic (exact) mass is 371 g/mol. The Morgan fingerprint density at radius 3 is 2.60 bits per heavy atom. The number of carbonyl (C=O) groups excluding carboxylic acids is 1. The number of rotatable bonds is 3. The normalized spacial score (nSPS) is 18.0. The van der Waals surface area contributed by atoms with Gasteiger partial charge in [-0.3, -0.25) is 9.48 Å². The van der Waals surface area contributed by atoms with Crippen LogP contribution in [0.3, 0.4) is 0 Å². The lowest BCUT2D eigenvalue weighted by molar-refractivity contribution is -0.142.